The molecule has 0 fully saturated rings. The fourth-order valence-electron chi connectivity index (χ4n) is 1.11. The lowest BCUT2D eigenvalue weighted by Gasteiger charge is -2.06. The van der Waals surface area contributed by atoms with E-state index in [-0.39, 0.29) is 10.6 Å². The maximum Gasteiger partial charge on any atom is 0.341 e. The summed E-state index contributed by atoms with van der Waals surface area (Å²) >= 11 is 0. The first kappa shape index (κ1) is 14.9. The van der Waals surface area contributed by atoms with Gasteiger partial charge in [0.15, 0.2) is 6.61 Å². The molecule has 0 saturated heterocycles. The summed E-state index contributed by atoms with van der Waals surface area (Å²) in [6.07, 6.45) is 0. The fourth-order valence-corrected chi connectivity index (χ4v) is 2.10. The molecule has 1 rings (SSSR count). The second kappa shape index (κ2) is 6.16. The molecule has 0 saturated carbocycles. The van der Waals surface area contributed by atoms with Gasteiger partial charge in [0.1, 0.15) is 5.75 Å². The number of primary amides is 1. The summed E-state index contributed by atoms with van der Waals surface area (Å²) in [5.74, 6) is -1.72. The molecule has 0 bridgehead atoms. The molecule has 0 heterocycles. The molecule has 0 unspecified atom stereocenters. The van der Waals surface area contributed by atoms with Crippen molar-refractivity contribution in [2.45, 2.75) is 4.90 Å². The minimum atomic E-state index is -3.83. The summed E-state index contributed by atoms with van der Waals surface area (Å²) in [6, 6.07) is 5.06. The Balaban J connectivity index is 2.74. The Hall–Kier alpha value is -2.13. The highest BCUT2D eigenvalue weighted by molar-refractivity contribution is 7.89. The average molecular weight is 288 g/mol. The Morgan fingerprint density at radius 2 is 1.84 bits per heavy atom. The summed E-state index contributed by atoms with van der Waals surface area (Å²) in [7, 11) is -3.83. The lowest BCUT2D eigenvalue weighted by Crippen LogP contribution is -2.33. The van der Waals surface area contributed by atoms with Crippen LogP contribution in [0.15, 0.2) is 29.2 Å². The highest BCUT2D eigenvalue weighted by atomic mass is 32.2. The molecule has 1 amide bonds. The Kier molecular flexibility index (Phi) is 4.84. The van der Waals surface area contributed by atoms with Gasteiger partial charge in [-0.2, -0.15) is 0 Å². The number of carboxylic acid groups (broad SMARTS) is 1. The number of rotatable bonds is 7. The van der Waals surface area contributed by atoms with Gasteiger partial charge in [-0.1, -0.05) is 0 Å². The third-order valence-electron chi connectivity index (χ3n) is 1.93. The zero-order chi connectivity index (χ0) is 14.5. The van der Waals surface area contributed by atoms with E-state index in [0.29, 0.717) is 0 Å². The van der Waals surface area contributed by atoms with Crippen LogP contribution < -0.4 is 15.2 Å². The number of nitrogens with two attached hydrogens (primary N) is 1. The van der Waals surface area contributed by atoms with Crippen LogP contribution in [-0.2, 0) is 19.6 Å². The smallest absolute Gasteiger partial charge is 0.341 e. The van der Waals surface area contributed by atoms with E-state index in [9.17, 15) is 18.0 Å². The summed E-state index contributed by atoms with van der Waals surface area (Å²) in [6.45, 7) is -1.02. The number of carbonyl (C=O) groups is 2. The number of carbonyl (C=O) groups excluding carboxylic acids is 1. The van der Waals surface area contributed by atoms with Crippen LogP contribution in [-0.4, -0.2) is 38.6 Å². The van der Waals surface area contributed by atoms with Crippen molar-refractivity contribution in [3.8, 4) is 5.75 Å². The molecular formula is C10H12N2O6S. The van der Waals surface area contributed by atoms with Crippen molar-refractivity contribution in [3.63, 3.8) is 0 Å². The zero-order valence-electron chi connectivity index (χ0n) is 9.70. The standard InChI is InChI=1S/C10H12N2O6S/c11-9(13)5-12-19(16,17)8-3-1-7(2-4-8)18-6-10(14)15/h1-4,12H,5-6H2,(H2,11,13)(H,14,15). The van der Waals surface area contributed by atoms with Crippen LogP contribution in [0.4, 0.5) is 0 Å². The van der Waals surface area contributed by atoms with Gasteiger partial charge in [0, 0.05) is 0 Å². The lowest BCUT2D eigenvalue weighted by atomic mass is 10.3. The Bertz CT molecular complexity index is 566. The lowest BCUT2D eigenvalue weighted by molar-refractivity contribution is -0.139. The van der Waals surface area contributed by atoms with E-state index >= 15 is 0 Å². The first-order chi connectivity index (χ1) is 8.81. The second-order valence-corrected chi connectivity index (χ2v) is 5.21. The number of hydrogen-bond donors (Lipinski definition) is 3. The number of sulfonamides is 1. The summed E-state index contributed by atoms with van der Waals surface area (Å²) < 4.78 is 30.2. The van der Waals surface area contributed by atoms with Crippen LogP contribution in [0.1, 0.15) is 0 Å². The Morgan fingerprint density at radius 3 is 2.32 bits per heavy atom. The quantitative estimate of drug-likeness (QED) is 0.583. The molecule has 0 aliphatic heterocycles. The van der Waals surface area contributed by atoms with Gasteiger partial charge in [-0.15, -0.1) is 0 Å². The molecule has 0 aliphatic rings. The molecule has 1 aromatic carbocycles. The van der Waals surface area contributed by atoms with E-state index in [0.717, 1.165) is 0 Å². The number of nitrogens with one attached hydrogen (secondary N) is 1. The van der Waals surface area contributed by atoms with E-state index in [1.165, 1.54) is 24.3 Å². The third-order valence-corrected chi connectivity index (χ3v) is 3.35. The minimum absolute atomic E-state index is 0.0866. The van der Waals surface area contributed by atoms with Gasteiger partial charge >= 0.3 is 5.97 Å². The van der Waals surface area contributed by atoms with Gasteiger partial charge in [0.2, 0.25) is 15.9 Å². The van der Waals surface area contributed by atoms with E-state index in [2.05, 4.69) is 0 Å². The van der Waals surface area contributed by atoms with Crippen LogP contribution in [0.3, 0.4) is 0 Å². The molecule has 8 nitrogen and oxygen atoms in total. The van der Waals surface area contributed by atoms with Gasteiger partial charge in [-0.05, 0) is 24.3 Å². The molecule has 9 heteroatoms. The molecule has 104 valence electrons. The maximum absolute atomic E-state index is 11.7. The summed E-state index contributed by atoms with van der Waals surface area (Å²) in [4.78, 5) is 20.7. The number of carboxylic acids is 1. The van der Waals surface area contributed by atoms with Gasteiger partial charge in [0.25, 0.3) is 0 Å². The highest BCUT2D eigenvalue weighted by Crippen LogP contribution is 2.15. The second-order valence-electron chi connectivity index (χ2n) is 3.44. The highest BCUT2D eigenvalue weighted by Gasteiger charge is 2.14. The first-order valence-corrected chi connectivity index (χ1v) is 6.52. The van der Waals surface area contributed by atoms with E-state index in [4.69, 9.17) is 15.6 Å². The molecule has 0 atom stereocenters. The minimum Gasteiger partial charge on any atom is -0.482 e. The van der Waals surface area contributed by atoms with Crippen LogP contribution >= 0.6 is 0 Å². The monoisotopic (exact) mass is 288 g/mol. The number of amides is 1. The number of hydrogen-bond acceptors (Lipinski definition) is 5. The Labute approximate surface area is 109 Å². The predicted octanol–water partition coefficient (Wildman–Crippen LogP) is -1.09. The third kappa shape index (κ3) is 4.94. The van der Waals surface area contributed by atoms with Crippen molar-refractivity contribution < 1.29 is 27.9 Å². The fraction of sp³-hybridized carbons (Fsp3) is 0.200. The van der Waals surface area contributed by atoms with E-state index < -0.39 is 35.1 Å². The van der Waals surface area contributed by atoms with Gasteiger partial charge in [-0.3, -0.25) is 4.79 Å². The molecule has 0 aromatic heterocycles. The molecule has 1 aromatic rings. The normalized spacial score (nSPS) is 10.9. The average Bonchev–Trinajstić information content (AvgIpc) is 2.34. The van der Waals surface area contributed by atoms with E-state index in [1.807, 2.05) is 4.72 Å². The van der Waals surface area contributed by atoms with Crippen LogP contribution in [0, 0.1) is 0 Å². The molecular weight excluding hydrogens is 276 g/mol. The topological polar surface area (TPSA) is 136 Å². The van der Waals surface area contributed by atoms with Crippen molar-refractivity contribution >= 4 is 21.9 Å². The first-order valence-electron chi connectivity index (χ1n) is 5.04. The molecule has 19 heavy (non-hydrogen) atoms. The maximum atomic E-state index is 11.7. The van der Waals surface area contributed by atoms with Crippen LogP contribution in [0.2, 0.25) is 0 Å². The largest absolute Gasteiger partial charge is 0.482 e. The summed E-state index contributed by atoms with van der Waals surface area (Å²) in [5, 5.41) is 8.41. The van der Waals surface area contributed by atoms with Crippen molar-refractivity contribution in [2.24, 2.45) is 5.73 Å². The SMILES string of the molecule is NC(=O)CNS(=O)(=O)c1ccc(OCC(=O)O)cc1. The van der Waals surface area contributed by atoms with Gasteiger partial charge < -0.3 is 15.6 Å². The van der Waals surface area contributed by atoms with Crippen molar-refractivity contribution in [2.75, 3.05) is 13.2 Å². The van der Waals surface area contributed by atoms with Crippen LogP contribution in [0.25, 0.3) is 0 Å². The molecule has 0 radical (unpaired) electrons. The Morgan fingerprint density at radius 1 is 1.26 bits per heavy atom. The van der Waals surface area contributed by atoms with E-state index in [1.54, 1.807) is 0 Å². The zero-order valence-corrected chi connectivity index (χ0v) is 10.5. The number of ether oxygens (including phenoxy) is 1. The van der Waals surface area contributed by atoms with Crippen molar-refractivity contribution in [3.05, 3.63) is 24.3 Å². The molecule has 0 spiro atoms. The molecule has 0 aliphatic carbocycles. The van der Waals surface area contributed by atoms with Crippen molar-refractivity contribution in [1.29, 1.82) is 0 Å². The van der Waals surface area contributed by atoms with Crippen molar-refractivity contribution in [1.82, 2.24) is 4.72 Å². The predicted molar refractivity (Wildman–Crippen MR) is 64.0 cm³/mol. The number of aliphatic carboxylic acids is 1. The van der Waals surface area contributed by atoms with Gasteiger partial charge in [0.05, 0.1) is 11.4 Å². The van der Waals surface area contributed by atoms with Gasteiger partial charge in [-0.25, -0.2) is 17.9 Å². The summed E-state index contributed by atoms with van der Waals surface area (Å²) in [5.41, 5.74) is 4.83. The number of benzene rings is 1. The van der Waals surface area contributed by atoms with Crippen LogP contribution in [0.5, 0.6) is 5.75 Å². The molecule has 4 N–H and O–H groups in total.